The third-order valence-corrected chi connectivity index (χ3v) is 2.77. The first-order valence-electron chi connectivity index (χ1n) is 5.55. The van der Waals surface area contributed by atoms with Gasteiger partial charge in [-0.15, -0.1) is 0 Å². The minimum atomic E-state index is -0.403. The van der Waals surface area contributed by atoms with Crippen molar-refractivity contribution in [3.8, 4) is 11.5 Å². The SMILES string of the molecule is COC(=O)c1cnc2cc3c(cc2c1)OCCO3. The molecule has 1 aromatic carbocycles. The van der Waals surface area contributed by atoms with Gasteiger partial charge < -0.3 is 14.2 Å². The average molecular weight is 245 g/mol. The highest BCUT2D eigenvalue weighted by Crippen LogP contribution is 2.33. The number of hydrogen-bond donors (Lipinski definition) is 0. The van der Waals surface area contributed by atoms with E-state index in [2.05, 4.69) is 9.72 Å². The van der Waals surface area contributed by atoms with Crippen LogP contribution in [-0.4, -0.2) is 31.3 Å². The summed E-state index contributed by atoms with van der Waals surface area (Å²) in [4.78, 5) is 15.6. The monoisotopic (exact) mass is 245 g/mol. The van der Waals surface area contributed by atoms with Crippen LogP contribution in [0, 0.1) is 0 Å². The van der Waals surface area contributed by atoms with Crippen LogP contribution in [-0.2, 0) is 4.74 Å². The topological polar surface area (TPSA) is 57.7 Å². The van der Waals surface area contributed by atoms with E-state index >= 15 is 0 Å². The number of esters is 1. The van der Waals surface area contributed by atoms with Gasteiger partial charge in [0.25, 0.3) is 0 Å². The van der Waals surface area contributed by atoms with Crippen LogP contribution in [0.15, 0.2) is 24.4 Å². The molecule has 0 unspecified atom stereocenters. The van der Waals surface area contributed by atoms with Crippen LogP contribution < -0.4 is 9.47 Å². The van der Waals surface area contributed by atoms with E-state index in [9.17, 15) is 4.79 Å². The summed E-state index contributed by atoms with van der Waals surface area (Å²) in [6, 6.07) is 5.36. The predicted octanol–water partition coefficient (Wildman–Crippen LogP) is 1.79. The van der Waals surface area contributed by atoms with E-state index in [1.54, 1.807) is 6.07 Å². The normalized spacial score (nSPS) is 13.4. The second kappa shape index (κ2) is 4.18. The van der Waals surface area contributed by atoms with Crippen molar-refractivity contribution in [2.24, 2.45) is 0 Å². The Labute approximate surface area is 103 Å². The summed E-state index contributed by atoms with van der Waals surface area (Å²) in [5.74, 6) is 0.962. The van der Waals surface area contributed by atoms with Gasteiger partial charge >= 0.3 is 5.97 Å². The van der Waals surface area contributed by atoms with Gasteiger partial charge in [0.1, 0.15) is 13.2 Å². The molecular weight excluding hydrogens is 234 g/mol. The zero-order valence-corrected chi connectivity index (χ0v) is 9.80. The molecule has 0 aliphatic carbocycles. The minimum absolute atomic E-state index is 0.403. The van der Waals surface area contributed by atoms with Crippen LogP contribution in [0.25, 0.3) is 10.9 Å². The minimum Gasteiger partial charge on any atom is -0.486 e. The van der Waals surface area contributed by atoms with Crippen molar-refractivity contribution in [3.05, 3.63) is 30.0 Å². The van der Waals surface area contributed by atoms with Crippen LogP contribution >= 0.6 is 0 Å². The molecule has 2 aromatic rings. The molecule has 92 valence electrons. The molecule has 0 saturated carbocycles. The van der Waals surface area contributed by atoms with Gasteiger partial charge in [-0.3, -0.25) is 4.98 Å². The van der Waals surface area contributed by atoms with Crippen LogP contribution in [0.5, 0.6) is 11.5 Å². The first kappa shape index (κ1) is 10.8. The Hall–Kier alpha value is -2.30. The molecule has 0 saturated heterocycles. The quantitative estimate of drug-likeness (QED) is 0.717. The van der Waals surface area contributed by atoms with Crippen molar-refractivity contribution < 1.29 is 19.0 Å². The maximum absolute atomic E-state index is 11.4. The van der Waals surface area contributed by atoms with Crippen LogP contribution in [0.3, 0.4) is 0 Å². The van der Waals surface area contributed by atoms with E-state index in [4.69, 9.17) is 9.47 Å². The van der Waals surface area contributed by atoms with E-state index in [0.717, 1.165) is 10.9 Å². The number of aromatic nitrogens is 1. The van der Waals surface area contributed by atoms with Crippen molar-refractivity contribution in [3.63, 3.8) is 0 Å². The van der Waals surface area contributed by atoms with Gasteiger partial charge in [-0.25, -0.2) is 4.79 Å². The molecule has 1 aliphatic rings. The molecule has 3 rings (SSSR count). The molecule has 0 atom stereocenters. The number of fused-ring (bicyclic) bond motifs is 2. The van der Waals surface area contributed by atoms with Gasteiger partial charge in [-0.1, -0.05) is 0 Å². The number of ether oxygens (including phenoxy) is 3. The Bertz CT molecular complexity index is 624. The number of methoxy groups -OCH3 is 1. The van der Waals surface area contributed by atoms with E-state index in [1.807, 2.05) is 12.1 Å². The Morgan fingerprint density at radius 2 is 1.94 bits per heavy atom. The summed E-state index contributed by atoms with van der Waals surface area (Å²) >= 11 is 0. The summed E-state index contributed by atoms with van der Waals surface area (Å²) in [6.45, 7) is 1.07. The fraction of sp³-hybridized carbons (Fsp3) is 0.231. The molecule has 0 N–H and O–H groups in total. The second-order valence-electron chi connectivity index (χ2n) is 3.90. The molecule has 0 amide bonds. The predicted molar refractivity (Wildman–Crippen MR) is 64.1 cm³/mol. The first-order chi connectivity index (χ1) is 8.78. The van der Waals surface area contributed by atoms with Gasteiger partial charge in [-0.2, -0.15) is 0 Å². The van der Waals surface area contributed by atoms with Gasteiger partial charge in [0.15, 0.2) is 11.5 Å². The molecule has 5 nitrogen and oxygen atoms in total. The maximum Gasteiger partial charge on any atom is 0.339 e. The van der Waals surface area contributed by atoms with Gasteiger partial charge in [0.05, 0.1) is 18.2 Å². The number of carbonyl (C=O) groups excluding carboxylic acids is 1. The summed E-state index contributed by atoms with van der Waals surface area (Å²) in [7, 11) is 1.34. The molecule has 0 fully saturated rings. The van der Waals surface area contributed by atoms with Crippen molar-refractivity contribution >= 4 is 16.9 Å². The summed E-state index contributed by atoms with van der Waals surface area (Å²) in [5.41, 5.74) is 1.17. The third kappa shape index (κ3) is 1.73. The Kier molecular flexibility index (Phi) is 2.51. The highest BCUT2D eigenvalue weighted by Gasteiger charge is 2.14. The lowest BCUT2D eigenvalue weighted by Gasteiger charge is -2.18. The fourth-order valence-electron chi connectivity index (χ4n) is 1.89. The van der Waals surface area contributed by atoms with Crippen LogP contribution in [0.2, 0.25) is 0 Å². The van der Waals surface area contributed by atoms with E-state index in [0.29, 0.717) is 30.3 Å². The highest BCUT2D eigenvalue weighted by molar-refractivity contribution is 5.94. The zero-order chi connectivity index (χ0) is 12.5. The number of pyridine rings is 1. The summed E-state index contributed by atoms with van der Waals surface area (Å²) in [6.07, 6.45) is 1.49. The maximum atomic E-state index is 11.4. The van der Waals surface area contributed by atoms with Crippen molar-refractivity contribution in [1.82, 2.24) is 4.98 Å². The van der Waals surface area contributed by atoms with Crippen molar-refractivity contribution in [1.29, 1.82) is 0 Å². The Balaban J connectivity index is 2.13. The Morgan fingerprint density at radius 3 is 2.67 bits per heavy atom. The molecule has 2 heterocycles. The molecule has 5 heteroatoms. The summed E-state index contributed by atoms with van der Waals surface area (Å²) in [5, 5.41) is 0.821. The Morgan fingerprint density at radius 1 is 1.22 bits per heavy atom. The highest BCUT2D eigenvalue weighted by atomic mass is 16.6. The van der Waals surface area contributed by atoms with Gasteiger partial charge in [0, 0.05) is 17.6 Å². The van der Waals surface area contributed by atoms with Gasteiger partial charge in [-0.05, 0) is 12.1 Å². The van der Waals surface area contributed by atoms with Gasteiger partial charge in [0.2, 0.25) is 0 Å². The first-order valence-corrected chi connectivity index (χ1v) is 5.55. The van der Waals surface area contributed by atoms with E-state index < -0.39 is 5.97 Å². The van der Waals surface area contributed by atoms with Crippen LogP contribution in [0.4, 0.5) is 0 Å². The molecule has 1 aliphatic heterocycles. The lowest BCUT2D eigenvalue weighted by Crippen LogP contribution is -2.15. The molecule has 0 radical (unpaired) electrons. The second-order valence-corrected chi connectivity index (χ2v) is 3.90. The number of nitrogens with zero attached hydrogens (tertiary/aromatic N) is 1. The summed E-state index contributed by atoms with van der Waals surface area (Å²) < 4.78 is 15.6. The average Bonchev–Trinajstić information content (AvgIpc) is 2.43. The van der Waals surface area contributed by atoms with E-state index in [-0.39, 0.29) is 0 Å². The van der Waals surface area contributed by atoms with E-state index in [1.165, 1.54) is 13.3 Å². The fourth-order valence-corrected chi connectivity index (χ4v) is 1.89. The molecule has 1 aromatic heterocycles. The molecule has 0 spiro atoms. The smallest absolute Gasteiger partial charge is 0.339 e. The number of benzene rings is 1. The number of hydrogen-bond acceptors (Lipinski definition) is 5. The number of carbonyl (C=O) groups is 1. The molecular formula is C13H11NO4. The third-order valence-electron chi connectivity index (χ3n) is 2.77. The largest absolute Gasteiger partial charge is 0.486 e. The molecule has 0 bridgehead atoms. The van der Waals surface area contributed by atoms with Crippen LogP contribution in [0.1, 0.15) is 10.4 Å². The molecule has 18 heavy (non-hydrogen) atoms. The van der Waals surface area contributed by atoms with Crippen molar-refractivity contribution in [2.45, 2.75) is 0 Å². The lowest BCUT2D eigenvalue weighted by molar-refractivity contribution is 0.0600. The lowest BCUT2D eigenvalue weighted by atomic mass is 10.1. The zero-order valence-electron chi connectivity index (χ0n) is 9.80. The number of rotatable bonds is 1. The standard InChI is InChI=1S/C13H11NO4/c1-16-13(15)9-4-8-5-11-12(18-3-2-17-11)6-10(8)14-7-9/h4-7H,2-3H2,1H3. The van der Waals surface area contributed by atoms with Crippen molar-refractivity contribution in [2.75, 3.05) is 20.3 Å².